The number of nitrogens with zero attached hydrogens (tertiary/aromatic N) is 1. The summed E-state index contributed by atoms with van der Waals surface area (Å²) >= 11 is 0. The van der Waals surface area contributed by atoms with Crippen molar-refractivity contribution in [2.45, 2.75) is 45.4 Å². The maximum Gasteiger partial charge on any atom is 0.0917 e. The standard InChI is InChI=1S/C15H26N2O/c1-5-15(2,3)17(4)11-14(18)13-8-6-12(10-16)7-9-13/h6-9,14,18H,5,10-11,16H2,1-4H3. The molecule has 0 aromatic heterocycles. The van der Waals surface area contributed by atoms with Gasteiger partial charge in [0, 0.05) is 18.6 Å². The van der Waals surface area contributed by atoms with Gasteiger partial charge in [0.15, 0.2) is 0 Å². The Balaban J connectivity index is 2.67. The Kier molecular flexibility index (Phi) is 5.32. The molecule has 1 atom stereocenters. The molecule has 0 bridgehead atoms. The summed E-state index contributed by atoms with van der Waals surface area (Å²) in [5.74, 6) is 0. The number of hydrogen-bond donors (Lipinski definition) is 2. The second-order valence-electron chi connectivity index (χ2n) is 5.51. The average Bonchev–Trinajstić information content (AvgIpc) is 2.38. The van der Waals surface area contributed by atoms with Gasteiger partial charge < -0.3 is 10.8 Å². The summed E-state index contributed by atoms with van der Waals surface area (Å²) in [7, 11) is 2.06. The van der Waals surface area contributed by atoms with Crippen LogP contribution in [0.15, 0.2) is 24.3 Å². The topological polar surface area (TPSA) is 49.5 Å². The molecule has 0 radical (unpaired) electrons. The Morgan fingerprint density at radius 3 is 2.28 bits per heavy atom. The molecule has 1 rings (SSSR count). The molecule has 3 heteroatoms. The fourth-order valence-electron chi connectivity index (χ4n) is 1.76. The highest BCUT2D eigenvalue weighted by molar-refractivity contribution is 5.24. The Hall–Kier alpha value is -0.900. The zero-order valence-corrected chi connectivity index (χ0v) is 12.0. The second kappa shape index (κ2) is 6.32. The number of aliphatic hydroxyl groups is 1. The van der Waals surface area contributed by atoms with Gasteiger partial charge in [0.25, 0.3) is 0 Å². The van der Waals surface area contributed by atoms with Crippen molar-refractivity contribution in [2.24, 2.45) is 5.73 Å². The van der Waals surface area contributed by atoms with E-state index in [9.17, 15) is 5.11 Å². The normalized spacial score (nSPS) is 13.9. The van der Waals surface area contributed by atoms with Crippen molar-refractivity contribution in [1.82, 2.24) is 4.90 Å². The van der Waals surface area contributed by atoms with E-state index in [0.29, 0.717) is 13.1 Å². The van der Waals surface area contributed by atoms with E-state index in [-0.39, 0.29) is 5.54 Å². The molecule has 1 aromatic carbocycles. The molecule has 1 aromatic rings. The third-order valence-corrected chi connectivity index (χ3v) is 3.95. The Morgan fingerprint density at radius 2 is 1.83 bits per heavy atom. The molecule has 0 aliphatic rings. The van der Waals surface area contributed by atoms with Crippen LogP contribution in [0.3, 0.4) is 0 Å². The molecule has 0 aliphatic carbocycles. The van der Waals surface area contributed by atoms with Crippen LogP contribution in [0.5, 0.6) is 0 Å². The van der Waals surface area contributed by atoms with Gasteiger partial charge in [-0.3, -0.25) is 4.90 Å². The van der Waals surface area contributed by atoms with Crippen molar-refractivity contribution in [3.05, 3.63) is 35.4 Å². The minimum absolute atomic E-state index is 0.109. The van der Waals surface area contributed by atoms with Gasteiger partial charge in [0.1, 0.15) is 0 Å². The maximum absolute atomic E-state index is 10.2. The van der Waals surface area contributed by atoms with Crippen LogP contribution in [0.1, 0.15) is 44.4 Å². The summed E-state index contributed by atoms with van der Waals surface area (Å²) in [6.07, 6.45) is 0.607. The van der Waals surface area contributed by atoms with E-state index in [1.807, 2.05) is 24.3 Å². The first-order valence-corrected chi connectivity index (χ1v) is 6.59. The van der Waals surface area contributed by atoms with E-state index in [1.165, 1.54) is 0 Å². The van der Waals surface area contributed by atoms with Crippen molar-refractivity contribution in [3.63, 3.8) is 0 Å². The SMILES string of the molecule is CCC(C)(C)N(C)CC(O)c1ccc(CN)cc1. The number of β-amino-alcohol motifs (C(OH)–C–C–N with tert-alkyl or cyclic N) is 1. The smallest absolute Gasteiger partial charge is 0.0917 e. The first kappa shape index (κ1) is 15.2. The first-order chi connectivity index (χ1) is 8.40. The van der Waals surface area contributed by atoms with Crippen LogP contribution in [0.2, 0.25) is 0 Å². The van der Waals surface area contributed by atoms with E-state index in [4.69, 9.17) is 5.73 Å². The van der Waals surface area contributed by atoms with Crippen LogP contribution in [0.25, 0.3) is 0 Å². The molecule has 0 amide bonds. The van der Waals surface area contributed by atoms with Crippen molar-refractivity contribution >= 4 is 0 Å². The lowest BCUT2D eigenvalue weighted by atomic mass is 9.98. The number of rotatable bonds is 6. The van der Waals surface area contributed by atoms with Crippen LogP contribution < -0.4 is 5.73 Å². The van der Waals surface area contributed by atoms with Gasteiger partial charge in [0.2, 0.25) is 0 Å². The lowest BCUT2D eigenvalue weighted by Gasteiger charge is -2.36. The molecule has 0 spiro atoms. The lowest BCUT2D eigenvalue weighted by Crippen LogP contribution is -2.42. The number of likely N-dealkylation sites (N-methyl/N-ethyl adjacent to an activating group) is 1. The molecule has 0 aliphatic heterocycles. The summed E-state index contributed by atoms with van der Waals surface area (Å²) in [5, 5.41) is 10.2. The van der Waals surface area contributed by atoms with Gasteiger partial charge in [0.05, 0.1) is 6.10 Å². The van der Waals surface area contributed by atoms with Gasteiger partial charge in [-0.15, -0.1) is 0 Å². The monoisotopic (exact) mass is 250 g/mol. The molecule has 0 heterocycles. The average molecular weight is 250 g/mol. The van der Waals surface area contributed by atoms with Crippen molar-refractivity contribution in [3.8, 4) is 0 Å². The molecule has 1 unspecified atom stereocenters. The van der Waals surface area contributed by atoms with Gasteiger partial charge in [-0.1, -0.05) is 31.2 Å². The van der Waals surface area contributed by atoms with Crippen LogP contribution in [0, 0.1) is 0 Å². The van der Waals surface area contributed by atoms with Crippen molar-refractivity contribution in [2.75, 3.05) is 13.6 Å². The molecule has 3 N–H and O–H groups in total. The Labute approximate surface area is 111 Å². The van der Waals surface area contributed by atoms with E-state index in [0.717, 1.165) is 17.5 Å². The van der Waals surface area contributed by atoms with Gasteiger partial charge in [-0.05, 0) is 38.4 Å². The zero-order valence-electron chi connectivity index (χ0n) is 12.0. The summed E-state index contributed by atoms with van der Waals surface area (Å²) < 4.78 is 0. The predicted molar refractivity (Wildman–Crippen MR) is 76.3 cm³/mol. The van der Waals surface area contributed by atoms with Gasteiger partial charge in [-0.25, -0.2) is 0 Å². The molecule has 18 heavy (non-hydrogen) atoms. The van der Waals surface area contributed by atoms with Crippen LogP contribution in [-0.2, 0) is 6.54 Å². The van der Waals surface area contributed by atoms with Crippen LogP contribution >= 0.6 is 0 Å². The molecule has 0 saturated carbocycles. The first-order valence-electron chi connectivity index (χ1n) is 6.59. The molecule has 0 fully saturated rings. The fourth-order valence-corrected chi connectivity index (χ4v) is 1.76. The number of benzene rings is 1. The summed E-state index contributed by atoms with van der Waals surface area (Å²) in [5.41, 5.74) is 7.71. The predicted octanol–water partition coefficient (Wildman–Crippen LogP) is 2.30. The van der Waals surface area contributed by atoms with Crippen LogP contribution in [0.4, 0.5) is 0 Å². The summed E-state index contributed by atoms with van der Waals surface area (Å²) in [6.45, 7) is 7.73. The highest BCUT2D eigenvalue weighted by atomic mass is 16.3. The van der Waals surface area contributed by atoms with E-state index in [1.54, 1.807) is 0 Å². The third kappa shape index (κ3) is 3.80. The molecule has 0 saturated heterocycles. The Morgan fingerprint density at radius 1 is 1.28 bits per heavy atom. The lowest BCUT2D eigenvalue weighted by molar-refractivity contribution is 0.0686. The second-order valence-corrected chi connectivity index (χ2v) is 5.51. The quantitative estimate of drug-likeness (QED) is 0.814. The zero-order chi connectivity index (χ0) is 13.8. The fraction of sp³-hybridized carbons (Fsp3) is 0.600. The number of nitrogens with two attached hydrogens (primary N) is 1. The largest absolute Gasteiger partial charge is 0.387 e. The minimum atomic E-state index is -0.451. The van der Waals surface area contributed by atoms with E-state index >= 15 is 0 Å². The van der Waals surface area contributed by atoms with E-state index < -0.39 is 6.10 Å². The number of aliphatic hydroxyl groups excluding tert-OH is 1. The van der Waals surface area contributed by atoms with Crippen LogP contribution in [-0.4, -0.2) is 29.1 Å². The molecule has 102 valence electrons. The van der Waals surface area contributed by atoms with Gasteiger partial charge in [-0.2, -0.15) is 0 Å². The summed E-state index contributed by atoms with van der Waals surface area (Å²) in [4.78, 5) is 2.20. The highest BCUT2D eigenvalue weighted by Crippen LogP contribution is 2.21. The highest BCUT2D eigenvalue weighted by Gasteiger charge is 2.23. The molecular formula is C15H26N2O. The molecule has 3 nitrogen and oxygen atoms in total. The maximum atomic E-state index is 10.2. The van der Waals surface area contributed by atoms with Gasteiger partial charge >= 0.3 is 0 Å². The third-order valence-electron chi connectivity index (χ3n) is 3.95. The van der Waals surface area contributed by atoms with Crippen molar-refractivity contribution < 1.29 is 5.11 Å². The number of hydrogen-bond acceptors (Lipinski definition) is 3. The van der Waals surface area contributed by atoms with Crippen molar-refractivity contribution in [1.29, 1.82) is 0 Å². The molecular weight excluding hydrogens is 224 g/mol. The summed E-state index contributed by atoms with van der Waals surface area (Å²) in [6, 6.07) is 7.87. The Bertz CT molecular complexity index is 359. The van der Waals surface area contributed by atoms with E-state index in [2.05, 4.69) is 32.7 Å². The minimum Gasteiger partial charge on any atom is -0.387 e.